The largest absolute Gasteiger partial charge is 0.346 e. The van der Waals surface area contributed by atoms with Gasteiger partial charge in [-0.25, -0.2) is 8.42 Å². The molecule has 3 rings (SSSR count). The normalized spacial score (nSPS) is 12.5. The van der Waals surface area contributed by atoms with Crippen LogP contribution in [0, 0.1) is 0 Å². The Kier molecular flexibility index (Phi) is 7.03. The number of hydrogen-bond donors (Lipinski definition) is 1. The first kappa shape index (κ1) is 21.7. The monoisotopic (exact) mass is 422 g/mol. The average Bonchev–Trinajstić information content (AvgIpc) is 2.78. The van der Waals surface area contributed by atoms with Crippen molar-refractivity contribution in [3.63, 3.8) is 0 Å². The summed E-state index contributed by atoms with van der Waals surface area (Å²) in [4.78, 5) is 12.8. The molecule has 3 aromatic rings. The molecule has 0 bridgehead atoms. The zero-order valence-corrected chi connectivity index (χ0v) is 18.0. The third-order valence-corrected chi connectivity index (χ3v) is 6.89. The van der Waals surface area contributed by atoms with Gasteiger partial charge in [0.1, 0.15) is 0 Å². The molecule has 5 nitrogen and oxygen atoms in total. The van der Waals surface area contributed by atoms with Crippen LogP contribution in [-0.2, 0) is 16.6 Å². The van der Waals surface area contributed by atoms with Crippen LogP contribution >= 0.6 is 0 Å². The fourth-order valence-electron chi connectivity index (χ4n) is 3.18. The molecule has 0 saturated carbocycles. The van der Waals surface area contributed by atoms with Crippen molar-refractivity contribution in [2.75, 3.05) is 6.54 Å². The smallest absolute Gasteiger partial charge is 0.251 e. The van der Waals surface area contributed by atoms with Gasteiger partial charge in [-0.05, 0) is 42.3 Å². The number of amides is 1. The zero-order chi connectivity index (χ0) is 21.6. The fraction of sp³-hybridized carbons (Fsp3) is 0.208. The maximum atomic E-state index is 12.9. The Morgan fingerprint density at radius 2 is 1.47 bits per heavy atom. The maximum Gasteiger partial charge on any atom is 0.251 e. The number of nitrogens with zero attached hydrogens (tertiary/aromatic N) is 1. The molecule has 0 fully saturated rings. The Balaban J connectivity index is 1.68. The molecule has 0 heterocycles. The van der Waals surface area contributed by atoms with Gasteiger partial charge in [0.25, 0.3) is 5.91 Å². The van der Waals surface area contributed by atoms with Crippen molar-refractivity contribution in [3.05, 3.63) is 102 Å². The van der Waals surface area contributed by atoms with Gasteiger partial charge in [0.05, 0.1) is 10.9 Å². The van der Waals surface area contributed by atoms with Crippen molar-refractivity contribution >= 4 is 15.9 Å². The molecule has 0 unspecified atom stereocenters. The third-order valence-electron chi connectivity index (χ3n) is 4.96. The summed E-state index contributed by atoms with van der Waals surface area (Å²) in [6.07, 6.45) is 0. The van der Waals surface area contributed by atoms with Crippen LogP contribution in [0.3, 0.4) is 0 Å². The lowest BCUT2D eigenvalue weighted by Crippen LogP contribution is -2.30. The molecule has 3 aromatic carbocycles. The molecule has 0 aliphatic rings. The highest BCUT2D eigenvalue weighted by molar-refractivity contribution is 7.89. The number of benzene rings is 3. The predicted molar refractivity (Wildman–Crippen MR) is 118 cm³/mol. The summed E-state index contributed by atoms with van der Waals surface area (Å²) < 4.78 is 27.1. The Labute approximate surface area is 178 Å². The van der Waals surface area contributed by atoms with Gasteiger partial charge >= 0.3 is 0 Å². The molecule has 0 aliphatic carbocycles. The topological polar surface area (TPSA) is 66.5 Å². The lowest BCUT2D eigenvalue weighted by Gasteiger charge is -2.21. The number of carbonyl (C=O) groups excluding carboxylic acids is 1. The average molecular weight is 423 g/mol. The Morgan fingerprint density at radius 1 is 0.900 bits per heavy atom. The SMILES string of the molecule is CCN(Cc1ccc(C(=O)N[C@H](C)c2ccccc2)cc1)S(=O)(=O)c1ccccc1. The van der Waals surface area contributed by atoms with Crippen LogP contribution in [0.5, 0.6) is 0 Å². The molecular formula is C24H26N2O3S. The van der Waals surface area contributed by atoms with E-state index in [1.807, 2.05) is 44.2 Å². The van der Waals surface area contributed by atoms with E-state index in [1.165, 1.54) is 4.31 Å². The lowest BCUT2D eigenvalue weighted by atomic mass is 10.1. The molecule has 0 radical (unpaired) electrons. The van der Waals surface area contributed by atoms with E-state index in [2.05, 4.69) is 5.32 Å². The Morgan fingerprint density at radius 3 is 2.03 bits per heavy atom. The van der Waals surface area contributed by atoms with Gasteiger partial charge in [0.2, 0.25) is 10.0 Å². The van der Waals surface area contributed by atoms with Gasteiger partial charge in [-0.2, -0.15) is 4.31 Å². The number of nitrogens with one attached hydrogen (secondary N) is 1. The van der Waals surface area contributed by atoms with Crippen molar-refractivity contribution in [1.82, 2.24) is 9.62 Å². The van der Waals surface area contributed by atoms with Crippen LogP contribution in [0.2, 0.25) is 0 Å². The molecule has 1 N–H and O–H groups in total. The molecule has 156 valence electrons. The first-order valence-electron chi connectivity index (χ1n) is 9.91. The van der Waals surface area contributed by atoms with Gasteiger partial charge in [-0.1, -0.05) is 67.6 Å². The number of hydrogen-bond acceptors (Lipinski definition) is 3. The van der Waals surface area contributed by atoms with Crippen molar-refractivity contribution < 1.29 is 13.2 Å². The number of sulfonamides is 1. The van der Waals surface area contributed by atoms with Crippen molar-refractivity contribution in [2.45, 2.75) is 31.3 Å². The molecular weight excluding hydrogens is 396 g/mol. The van der Waals surface area contributed by atoms with Gasteiger partial charge in [0, 0.05) is 18.7 Å². The minimum Gasteiger partial charge on any atom is -0.346 e. The second kappa shape index (κ2) is 9.69. The molecule has 0 aliphatic heterocycles. The van der Waals surface area contributed by atoms with Crippen molar-refractivity contribution in [1.29, 1.82) is 0 Å². The quantitative estimate of drug-likeness (QED) is 0.586. The minimum atomic E-state index is -3.57. The molecule has 0 aromatic heterocycles. The summed E-state index contributed by atoms with van der Waals surface area (Å²) in [5.41, 5.74) is 2.40. The van der Waals surface area contributed by atoms with E-state index in [0.717, 1.165) is 11.1 Å². The van der Waals surface area contributed by atoms with Gasteiger partial charge in [0.15, 0.2) is 0 Å². The second-order valence-corrected chi connectivity index (χ2v) is 8.98. The molecule has 1 amide bonds. The first-order chi connectivity index (χ1) is 14.4. The second-order valence-electron chi connectivity index (χ2n) is 7.05. The van der Waals surface area contributed by atoms with E-state index in [9.17, 15) is 13.2 Å². The van der Waals surface area contributed by atoms with E-state index in [4.69, 9.17) is 0 Å². The van der Waals surface area contributed by atoms with Crippen LogP contribution in [0.25, 0.3) is 0 Å². The standard InChI is InChI=1S/C24H26N2O3S/c1-3-26(30(28,29)23-12-8-5-9-13-23)18-20-14-16-22(17-15-20)24(27)25-19(2)21-10-6-4-7-11-21/h4-17,19H,3,18H2,1-2H3,(H,25,27)/t19-/m1/s1. The highest BCUT2D eigenvalue weighted by Gasteiger charge is 2.23. The van der Waals surface area contributed by atoms with Crippen molar-refractivity contribution in [2.24, 2.45) is 0 Å². The highest BCUT2D eigenvalue weighted by atomic mass is 32.2. The summed E-state index contributed by atoms with van der Waals surface area (Å²) in [5.74, 6) is -0.165. The summed E-state index contributed by atoms with van der Waals surface area (Å²) in [5, 5.41) is 2.98. The first-order valence-corrected chi connectivity index (χ1v) is 11.4. The maximum absolute atomic E-state index is 12.9. The number of carbonyl (C=O) groups is 1. The molecule has 6 heteroatoms. The molecule has 30 heavy (non-hydrogen) atoms. The Bertz CT molecular complexity index is 1070. The van der Waals surface area contributed by atoms with E-state index >= 15 is 0 Å². The summed E-state index contributed by atoms with van der Waals surface area (Å²) in [6.45, 7) is 4.35. The van der Waals surface area contributed by atoms with E-state index in [0.29, 0.717) is 12.1 Å². The van der Waals surface area contributed by atoms with E-state index in [1.54, 1.807) is 54.6 Å². The van der Waals surface area contributed by atoms with Crippen LogP contribution in [0.4, 0.5) is 0 Å². The zero-order valence-electron chi connectivity index (χ0n) is 17.2. The highest BCUT2D eigenvalue weighted by Crippen LogP contribution is 2.19. The molecule has 0 spiro atoms. The summed E-state index contributed by atoms with van der Waals surface area (Å²) >= 11 is 0. The van der Waals surface area contributed by atoms with E-state index in [-0.39, 0.29) is 23.4 Å². The Hall–Kier alpha value is -2.96. The summed E-state index contributed by atoms with van der Waals surface area (Å²) in [7, 11) is -3.57. The van der Waals surface area contributed by atoms with Gasteiger partial charge in [-0.15, -0.1) is 0 Å². The van der Waals surface area contributed by atoms with Crippen LogP contribution < -0.4 is 5.32 Å². The van der Waals surface area contributed by atoms with Crippen LogP contribution in [-0.4, -0.2) is 25.2 Å². The van der Waals surface area contributed by atoms with E-state index < -0.39 is 10.0 Å². The third kappa shape index (κ3) is 5.14. The predicted octanol–water partition coefficient (Wildman–Crippen LogP) is 4.39. The fourth-order valence-corrected chi connectivity index (χ4v) is 4.64. The van der Waals surface area contributed by atoms with Crippen LogP contribution in [0.15, 0.2) is 89.8 Å². The minimum absolute atomic E-state index is 0.107. The summed E-state index contributed by atoms with van der Waals surface area (Å²) in [6, 6.07) is 25.1. The van der Waals surface area contributed by atoms with Gasteiger partial charge in [-0.3, -0.25) is 4.79 Å². The molecule has 1 atom stereocenters. The van der Waals surface area contributed by atoms with Crippen molar-refractivity contribution in [3.8, 4) is 0 Å². The number of rotatable bonds is 8. The van der Waals surface area contributed by atoms with Crippen LogP contribution in [0.1, 0.15) is 41.4 Å². The molecule has 0 saturated heterocycles. The van der Waals surface area contributed by atoms with Gasteiger partial charge < -0.3 is 5.32 Å². The lowest BCUT2D eigenvalue weighted by molar-refractivity contribution is 0.0940.